The van der Waals surface area contributed by atoms with Crippen molar-refractivity contribution in [1.29, 1.82) is 0 Å². The molecule has 9 heteroatoms. The van der Waals surface area contributed by atoms with Crippen LogP contribution >= 0.6 is 0 Å². The molecule has 1 aromatic carbocycles. The Morgan fingerprint density at radius 2 is 1.85 bits per heavy atom. The second kappa shape index (κ2) is 6.80. The van der Waals surface area contributed by atoms with Gasteiger partial charge in [-0.15, -0.1) is 0 Å². The molecule has 0 radical (unpaired) electrons. The van der Waals surface area contributed by atoms with Gasteiger partial charge in [0.2, 0.25) is 5.91 Å². The van der Waals surface area contributed by atoms with Crippen LogP contribution in [0.1, 0.15) is 33.3 Å². The number of halogens is 1. The van der Waals surface area contributed by atoms with Crippen molar-refractivity contribution >= 4 is 24.6 Å². The minimum absolute atomic E-state index is 0.0990. The molecule has 2 saturated heterocycles. The number of benzene rings is 1. The Balaban J connectivity index is 1.69. The zero-order chi connectivity index (χ0) is 20.0. The summed E-state index contributed by atoms with van der Waals surface area (Å²) in [7, 11) is -0.653. The van der Waals surface area contributed by atoms with Crippen molar-refractivity contribution in [3.63, 3.8) is 0 Å². The molecule has 0 unspecified atom stereocenters. The second-order valence-electron chi connectivity index (χ2n) is 7.96. The first-order valence-electron chi connectivity index (χ1n) is 8.90. The van der Waals surface area contributed by atoms with Gasteiger partial charge in [0.15, 0.2) is 0 Å². The molecule has 146 valence electrons. The van der Waals surface area contributed by atoms with Crippen molar-refractivity contribution in [2.75, 3.05) is 19.6 Å². The maximum atomic E-state index is 14.6. The fraction of sp³-hybridized carbons (Fsp3) is 0.556. The van der Waals surface area contributed by atoms with E-state index in [9.17, 15) is 14.0 Å². The lowest BCUT2D eigenvalue weighted by atomic mass is 9.78. The van der Waals surface area contributed by atoms with E-state index in [-0.39, 0.29) is 32.1 Å². The fourth-order valence-corrected chi connectivity index (χ4v) is 3.06. The van der Waals surface area contributed by atoms with Crippen LogP contribution in [0.4, 0.5) is 9.18 Å². The molecule has 1 aromatic rings. The van der Waals surface area contributed by atoms with E-state index in [1.807, 2.05) is 27.7 Å². The second-order valence-corrected chi connectivity index (χ2v) is 7.96. The molecule has 0 saturated carbocycles. The van der Waals surface area contributed by atoms with Gasteiger partial charge in [-0.05, 0) is 39.2 Å². The van der Waals surface area contributed by atoms with E-state index in [0.29, 0.717) is 11.0 Å². The van der Waals surface area contributed by atoms with Crippen molar-refractivity contribution in [3.8, 4) is 0 Å². The van der Waals surface area contributed by atoms with Gasteiger partial charge >= 0.3 is 13.2 Å². The summed E-state index contributed by atoms with van der Waals surface area (Å²) >= 11 is 0. The van der Waals surface area contributed by atoms with Crippen LogP contribution in [0.3, 0.4) is 0 Å². The number of hydrogen-bond acceptors (Lipinski definition) is 4. The summed E-state index contributed by atoms with van der Waals surface area (Å²) in [5.74, 6) is -0.784. The highest BCUT2D eigenvalue weighted by atomic mass is 19.1. The molecule has 27 heavy (non-hydrogen) atoms. The van der Waals surface area contributed by atoms with Gasteiger partial charge in [0, 0.05) is 25.2 Å². The number of carbonyl (C=O) groups is 2. The van der Waals surface area contributed by atoms with Crippen LogP contribution in [0.5, 0.6) is 0 Å². The minimum Gasteiger partial charge on any atom is -0.465 e. The maximum absolute atomic E-state index is 14.6. The van der Waals surface area contributed by atoms with Gasteiger partial charge in [-0.2, -0.15) is 0 Å². The highest BCUT2D eigenvalue weighted by molar-refractivity contribution is 6.62. The lowest BCUT2D eigenvalue weighted by Crippen LogP contribution is -2.51. The Kier molecular flexibility index (Phi) is 4.94. The van der Waals surface area contributed by atoms with E-state index >= 15 is 0 Å². The van der Waals surface area contributed by atoms with E-state index in [4.69, 9.17) is 14.4 Å². The first-order valence-corrected chi connectivity index (χ1v) is 8.90. The third-order valence-corrected chi connectivity index (χ3v) is 5.55. The first kappa shape index (κ1) is 19.6. The summed E-state index contributed by atoms with van der Waals surface area (Å²) in [6.07, 6.45) is -1.12. The van der Waals surface area contributed by atoms with Crippen LogP contribution < -0.4 is 5.46 Å². The average Bonchev–Trinajstić information content (AvgIpc) is 2.78. The molecule has 0 spiro atoms. The molecule has 2 heterocycles. The average molecular weight is 378 g/mol. The molecule has 2 fully saturated rings. The molecule has 3 rings (SSSR count). The number of hydrogen-bond donors (Lipinski definition) is 1. The van der Waals surface area contributed by atoms with Crippen molar-refractivity contribution in [3.05, 3.63) is 29.6 Å². The highest BCUT2D eigenvalue weighted by Gasteiger charge is 2.51. The molecule has 1 N–H and O–H groups in total. The topological polar surface area (TPSA) is 79.3 Å². The molecule has 2 aliphatic heterocycles. The van der Waals surface area contributed by atoms with Crippen LogP contribution in [0, 0.1) is 5.82 Å². The predicted molar refractivity (Wildman–Crippen MR) is 97.1 cm³/mol. The van der Waals surface area contributed by atoms with Gasteiger partial charge in [-0.3, -0.25) is 9.69 Å². The van der Waals surface area contributed by atoms with Crippen molar-refractivity contribution < 1.29 is 28.4 Å². The lowest BCUT2D eigenvalue weighted by molar-refractivity contribution is -0.135. The Morgan fingerprint density at radius 1 is 1.22 bits per heavy atom. The Hall–Kier alpha value is -2.13. The monoisotopic (exact) mass is 378 g/mol. The van der Waals surface area contributed by atoms with Crippen molar-refractivity contribution in [1.82, 2.24) is 9.80 Å². The fourth-order valence-electron chi connectivity index (χ4n) is 3.06. The minimum atomic E-state index is -1.12. The largest absolute Gasteiger partial charge is 0.494 e. The van der Waals surface area contributed by atoms with Gasteiger partial charge in [-0.25, -0.2) is 9.18 Å². The van der Waals surface area contributed by atoms with Crippen LogP contribution in [0.2, 0.25) is 0 Å². The standard InChI is InChI=1S/C18H24BFN2O5/c1-17(2)18(3,4)27-19(26-17)13-6-5-12(14(20)9-13)10-21-7-8-22(16(24)25)11-15(21)23/h5-6,9H,7-8,10-11H2,1-4H3,(H,24,25). The molecule has 0 aromatic heterocycles. The van der Waals surface area contributed by atoms with Gasteiger partial charge in [0.05, 0.1) is 11.2 Å². The van der Waals surface area contributed by atoms with Gasteiger partial charge in [0.1, 0.15) is 12.4 Å². The van der Waals surface area contributed by atoms with Crippen LogP contribution in [-0.2, 0) is 20.6 Å². The zero-order valence-electron chi connectivity index (χ0n) is 16.0. The lowest BCUT2D eigenvalue weighted by Gasteiger charge is -2.32. The molecule has 7 nitrogen and oxygen atoms in total. The van der Waals surface area contributed by atoms with E-state index in [2.05, 4.69) is 0 Å². The quantitative estimate of drug-likeness (QED) is 0.806. The van der Waals surface area contributed by atoms with Gasteiger partial charge < -0.3 is 19.3 Å². The Labute approximate surface area is 158 Å². The number of carbonyl (C=O) groups excluding carboxylic acids is 1. The summed E-state index contributed by atoms with van der Waals surface area (Å²) in [6, 6.07) is 4.72. The highest BCUT2D eigenvalue weighted by Crippen LogP contribution is 2.36. The SMILES string of the molecule is CC1(C)OB(c2ccc(CN3CCN(C(=O)O)CC3=O)c(F)c2)OC1(C)C. The first-order chi connectivity index (χ1) is 12.5. The van der Waals surface area contributed by atoms with E-state index < -0.39 is 30.2 Å². The molecule has 0 aliphatic carbocycles. The van der Waals surface area contributed by atoms with E-state index in [0.717, 1.165) is 4.90 Å². The summed E-state index contributed by atoms with van der Waals surface area (Å²) in [6.45, 7) is 8.07. The van der Waals surface area contributed by atoms with Crippen LogP contribution in [-0.4, -0.2) is 64.9 Å². The molecule has 2 amide bonds. The van der Waals surface area contributed by atoms with Crippen molar-refractivity contribution in [2.24, 2.45) is 0 Å². The third-order valence-electron chi connectivity index (χ3n) is 5.55. The number of carboxylic acid groups (broad SMARTS) is 1. The molecular formula is C18H24BFN2O5. The van der Waals surface area contributed by atoms with E-state index in [1.165, 1.54) is 11.0 Å². The molecule has 0 bridgehead atoms. The maximum Gasteiger partial charge on any atom is 0.494 e. The molecular weight excluding hydrogens is 354 g/mol. The number of rotatable bonds is 3. The smallest absolute Gasteiger partial charge is 0.465 e. The predicted octanol–water partition coefficient (Wildman–Crippen LogP) is 1.45. The summed E-state index contributed by atoms with van der Waals surface area (Å²) < 4.78 is 26.5. The number of nitrogens with zero attached hydrogens (tertiary/aromatic N) is 2. The Bertz CT molecular complexity index is 754. The molecule has 0 atom stereocenters. The van der Waals surface area contributed by atoms with E-state index in [1.54, 1.807) is 12.1 Å². The summed E-state index contributed by atoms with van der Waals surface area (Å²) in [5.41, 5.74) is -0.0733. The summed E-state index contributed by atoms with van der Waals surface area (Å²) in [5, 5.41) is 8.96. The summed E-state index contributed by atoms with van der Waals surface area (Å²) in [4.78, 5) is 25.6. The van der Waals surface area contributed by atoms with Crippen molar-refractivity contribution in [2.45, 2.75) is 45.4 Å². The van der Waals surface area contributed by atoms with Gasteiger partial charge in [-0.1, -0.05) is 12.1 Å². The van der Waals surface area contributed by atoms with Crippen LogP contribution in [0.25, 0.3) is 0 Å². The normalized spacial score (nSPS) is 21.7. The third kappa shape index (κ3) is 3.79. The van der Waals surface area contributed by atoms with Crippen LogP contribution in [0.15, 0.2) is 18.2 Å². The van der Waals surface area contributed by atoms with Gasteiger partial charge in [0.25, 0.3) is 0 Å². The Morgan fingerprint density at radius 3 is 2.37 bits per heavy atom. The molecule has 2 aliphatic rings. The zero-order valence-corrected chi connectivity index (χ0v) is 16.0. The number of amides is 2. The number of piperazine rings is 1.